The summed E-state index contributed by atoms with van der Waals surface area (Å²) in [6.07, 6.45) is 5.38. The molecule has 1 unspecified atom stereocenters. The predicted octanol–water partition coefficient (Wildman–Crippen LogP) is 4.45. The van der Waals surface area contributed by atoms with Gasteiger partial charge in [-0.05, 0) is 68.7 Å². The molecule has 0 amide bonds. The summed E-state index contributed by atoms with van der Waals surface area (Å²) in [5.74, 6) is 0.452. The van der Waals surface area contributed by atoms with Crippen LogP contribution in [0.25, 0.3) is 11.1 Å². The van der Waals surface area contributed by atoms with Gasteiger partial charge in [0.15, 0.2) is 0 Å². The first-order valence-corrected chi connectivity index (χ1v) is 10.9. The minimum atomic E-state index is -0.741. The van der Waals surface area contributed by atoms with Crippen LogP contribution in [0.3, 0.4) is 0 Å². The van der Waals surface area contributed by atoms with Crippen molar-refractivity contribution in [1.29, 1.82) is 0 Å². The third-order valence-electron chi connectivity index (χ3n) is 7.36. The largest absolute Gasteiger partial charge is 0.381 e. The molecule has 158 valence electrons. The lowest BCUT2D eigenvalue weighted by molar-refractivity contribution is -0.232. The molecule has 1 heterocycles. The van der Waals surface area contributed by atoms with E-state index in [1.165, 1.54) is 33.4 Å². The first-order valence-electron chi connectivity index (χ1n) is 10.9. The fourth-order valence-electron chi connectivity index (χ4n) is 5.85. The van der Waals surface area contributed by atoms with Crippen molar-refractivity contribution in [3.05, 3.63) is 58.7 Å². The van der Waals surface area contributed by atoms with Crippen molar-refractivity contribution in [2.75, 3.05) is 14.2 Å². The molecular weight excluding hydrogens is 374 g/mol. The minimum absolute atomic E-state index is 0.0825. The fraction of sp³-hybridized carbons (Fsp3) is 0.480. The van der Waals surface area contributed by atoms with Crippen molar-refractivity contribution >= 4 is 5.96 Å². The number of nitrogens with two attached hydrogens (primary N) is 1. The molecule has 1 aliphatic heterocycles. The summed E-state index contributed by atoms with van der Waals surface area (Å²) in [5, 5.41) is 1.64. The van der Waals surface area contributed by atoms with Crippen molar-refractivity contribution < 1.29 is 9.57 Å². The van der Waals surface area contributed by atoms with Gasteiger partial charge in [-0.25, -0.2) is 14.9 Å². The molecular formula is C25H31N3O2. The highest BCUT2D eigenvalue weighted by molar-refractivity contribution is 5.79. The SMILES string of the molecule is COC1CCC2(CC1)Cc1ccc(-c3cc(C)cc(C)c3)cc1C21N=C(N)N(C)O1. The van der Waals surface area contributed by atoms with Crippen LogP contribution in [0.5, 0.6) is 0 Å². The van der Waals surface area contributed by atoms with Crippen LogP contribution in [0.2, 0.25) is 0 Å². The molecule has 0 bridgehead atoms. The van der Waals surface area contributed by atoms with Crippen molar-refractivity contribution in [3.8, 4) is 11.1 Å². The summed E-state index contributed by atoms with van der Waals surface area (Å²) in [6, 6.07) is 13.5. The molecule has 2 aliphatic carbocycles. The van der Waals surface area contributed by atoms with Crippen LogP contribution < -0.4 is 5.73 Å². The molecule has 2 aromatic rings. The molecule has 5 heteroatoms. The maximum absolute atomic E-state index is 6.51. The smallest absolute Gasteiger partial charge is 0.220 e. The number of nitrogens with zero attached hydrogens (tertiary/aromatic N) is 2. The summed E-state index contributed by atoms with van der Waals surface area (Å²) in [4.78, 5) is 11.5. The Morgan fingerprint density at radius 2 is 1.77 bits per heavy atom. The molecule has 5 nitrogen and oxygen atoms in total. The number of benzene rings is 2. The van der Waals surface area contributed by atoms with Crippen molar-refractivity contribution in [1.82, 2.24) is 5.06 Å². The average Bonchev–Trinajstić information content (AvgIpc) is 3.15. The van der Waals surface area contributed by atoms with Gasteiger partial charge in [0.05, 0.1) is 6.10 Å². The minimum Gasteiger partial charge on any atom is -0.381 e. The molecule has 1 fully saturated rings. The van der Waals surface area contributed by atoms with E-state index in [-0.39, 0.29) is 5.41 Å². The first-order chi connectivity index (χ1) is 14.4. The van der Waals surface area contributed by atoms with Crippen LogP contribution in [0.1, 0.15) is 47.9 Å². The lowest BCUT2D eigenvalue weighted by Gasteiger charge is -2.45. The predicted molar refractivity (Wildman–Crippen MR) is 119 cm³/mol. The molecule has 2 N–H and O–H groups in total. The van der Waals surface area contributed by atoms with E-state index in [9.17, 15) is 0 Å². The van der Waals surface area contributed by atoms with Crippen LogP contribution in [-0.2, 0) is 21.7 Å². The van der Waals surface area contributed by atoms with E-state index in [2.05, 4.69) is 50.2 Å². The highest BCUT2D eigenvalue weighted by atomic mass is 16.7. The molecule has 1 atom stereocenters. The highest BCUT2D eigenvalue weighted by Crippen LogP contribution is 2.62. The van der Waals surface area contributed by atoms with Crippen LogP contribution in [0, 0.1) is 19.3 Å². The van der Waals surface area contributed by atoms with Gasteiger partial charge in [0, 0.05) is 25.1 Å². The summed E-state index contributed by atoms with van der Waals surface area (Å²) in [6.45, 7) is 4.29. The zero-order chi connectivity index (χ0) is 21.1. The standard InChI is InChI=1S/C25H31N3O2/c1-16-11-17(2)13-20(12-16)18-5-6-19-15-24(9-7-21(29-4)8-10-24)25(22(19)14-18)27-23(26)28(3)30-25/h5-6,11-14,21H,7-10,15H2,1-4H3,(H2,26,27). The van der Waals surface area contributed by atoms with Crippen LogP contribution in [0.4, 0.5) is 0 Å². The van der Waals surface area contributed by atoms with Gasteiger partial charge in [-0.15, -0.1) is 0 Å². The maximum atomic E-state index is 6.51. The van der Waals surface area contributed by atoms with E-state index in [1.54, 1.807) is 5.06 Å². The van der Waals surface area contributed by atoms with E-state index >= 15 is 0 Å². The Morgan fingerprint density at radius 3 is 2.37 bits per heavy atom. The number of hydrogen-bond donors (Lipinski definition) is 1. The molecule has 30 heavy (non-hydrogen) atoms. The second-order valence-electron chi connectivity index (χ2n) is 9.34. The van der Waals surface area contributed by atoms with Crippen molar-refractivity contribution in [2.45, 2.75) is 57.8 Å². The van der Waals surface area contributed by atoms with Crippen molar-refractivity contribution in [2.24, 2.45) is 16.1 Å². The Bertz CT molecular complexity index is 1000. The van der Waals surface area contributed by atoms with E-state index in [0.29, 0.717) is 12.1 Å². The Labute approximate surface area is 178 Å². The van der Waals surface area contributed by atoms with Gasteiger partial charge in [0.1, 0.15) is 0 Å². The van der Waals surface area contributed by atoms with Gasteiger partial charge >= 0.3 is 0 Å². The molecule has 3 aliphatic rings. The molecule has 2 spiro atoms. The van der Waals surface area contributed by atoms with Gasteiger partial charge in [0.25, 0.3) is 0 Å². The number of ether oxygens (including phenoxy) is 1. The fourth-order valence-corrected chi connectivity index (χ4v) is 5.85. The molecule has 0 saturated heterocycles. The monoisotopic (exact) mass is 405 g/mol. The Kier molecular flexibility index (Phi) is 4.46. The average molecular weight is 406 g/mol. The molecule has 5 rings (SSSR count). The third-order valence-corrected chi connectivity index (χ3v) is 7.36. The third kappa shape index (κ3) is 2.79. The van der Waals surface area contributed by atoms with Gasteiger partial charge < -0.3 is 10.5 Å². The summed E-state index contributed by atoms with van der Waals surface area (Å²) in [7, 11) is 3.67. The van der Waals surface area contributed by atoms with E-state index in [0.717, 1.165) is 32.1 Å². The quantitative estimate of drug-likeness (QED) is 0.802. The summed E-state index contributed by atoms with van der Waals surface area (Å²) in [5.41, 5.74) is 12.9. The van der Waals surface area contributed by atoms with Crippen LogP contribution in [0.15, 0.2) is 41.4 Å². The van der Waals surface area contributed by atoms with Gasteiger partial charge in [-0.3, -0.25) is 0 Å². The van der Waals surface area contributed by atoms with Gasteiger partial charge in [0.2, 0.25) is 11.7 Å². The second kappa shape index (κ2) is 6.82. The Hall–Kier alpha value is -2.37. The lowest BCUT2D eigenvalue weighted by Crippen LogP contribution is -2.46. The number of aryl methyl sites for hydroxylation is 2. The second-order valence-corrected chi connectivity index (χ2v) is 9.34. The van der Waals surface area contributed by atoms with Gasteiger partial charge in [-0.2, -0.15) is 0 Å². The molecule has 1 saturated carbocycles. The number of guanidine groups is 1. The molecule has 0 aromatic heterocycles. The lowest BCUT2D eigenvalue weighted by atomic mass is 9.66. The highest BCUT2D eigenvalue weighted by Gasteiger charge is 2.63. The van der Waals surface area contributed by atoms with E-state index in [4.69, 9.17) is 20.3 Å². The first kappa shape index (κ1) is 19.6. The summed E-state index contributed by atoms with van der Waals surface area (Å²) >= 11 is 0. The normalized spacial score (nSPS) is 30.2. The zero-order valence-corrected chi connectivity index (χ0v) is 18.4. The van der Waals surface area contributed by atoms with E-state index < -0.39 is 5.72 Å². The molecule has 0 radical (unpaired) electrons. The summed E-state index contributed by atoms with van der Waals surface area (Å²) < 4.78 is 5.65. The zero-order valence-electron chi connectivity index (χ0n) is 18.4. The van der Waals surface area contributed by atoms with Crippen molar-refractivity contribution in [3.63, 3.8) is 0 Å². The number of hydrogen-bond acceptors (Lipinski definition) is 5. The maximum Gasteiger partial charge on any atom is 0.220 e. The molecule has 2 aromatic carbocycles. The number of fused-ring (bicyclic) bond motifs is 3. The number of hydroxylamine groups is 2. The topological polar surface area (TPSA) is 60.1 Å². The number of methoxy groups -OCH3 is 1. The Balaban J connectivity index is 1.63. The Morgan fingerprint density at radius 1 is 1.07 bits per heavy atom. The van der Waals surface area contributed by atoms with Crippen LogP contribution in [-0.4, -0.2) is 31.3 Å². The number of aliphatic imine (C=N–C) groups is 1. The van der Waals surface area contributed by atoms with E-state index in [1.807, 2.05) is 14.2 Å². The van der Waals surface area contributed by atoms with Gasteiger partial charge in [-0.1, -0.05) is 41.5 Å². The number of rotatable bonds is 2. The van der Waals surface area contributed by atoms with Crippen LogP contribution >= 0.6 is 0 Å².